The molecule has 0 unspecified atom stereocenters. The van der Waals surface area contributed by atoms with Gasteiger partial charge in [0.1, 0.15) is 0 Å². The lowest BCUT2D eigenvalue weighted by Gasteiger charge is -2.25. The second-order valence-corrected chi connectivity index (χ2v) is 7.36. The summed E-state index contributed by atoms with van der Waals surface area (Å²) in [6.07, 6.45) is 0. The summed E-state index contributed by atoms with van der Waals surface area (Å²) in [7, 11) is 0. The van der Waals surface area contributed by atoms with Gasteiger partial charge in [-0.2, -0.15) is 11.8 Å². The van der Waals surface area contributed by atoms with Crippen molar-refractivity contribution in [2.75, 3.05) is 23.2 Å². The number of nitrogens with zero attached hydrogens (tertiary/aromatic N) is 1. The van der Waals surface area contributed by atoms with E-state index in [1.165, 1.54) is 22.8 Å². The van der Waals surface area contributed by atoms with E-state index in [1.807, 2.05) is 0 Å². The Morgan fingerprint density at radius 1 is 1.17 bits per heavy atom. The number of hydroxylamine groups is 1. The molecule has 2 atom stereocenters. The molecule has 2 fully saturated rings. The van der Waals surface area contributed by atoms with E-state index in [0.29, 0.717) is 6.04 Å². The minimum Gasteiger partial charge on any atom is -0.273 e. The van der Waals surface area contributed by atoms with Crippen molar-refractivity contribution in [3.8, 4) is 0 Å². The molecule has 0 aromatic heterocycles. The van der Waals surface area contributed by atoms with Crippen LogP contribution in [0.25, 0.3) is 0 Å². The van der Waals surface area contributed by atoms with Crippen LogP contribution in [0.2, 0.25) is 0 Å². The smallest absolute Gasteiger partial charge is 0.0805 e. The van der Waals surface area contributed by atoms with Crippen LogP contribution in [0.4, 0.5) is 5.69 Å². The number of anilines is 1. The number of thioether (sulfide) groups is 1. The second-order valence-electron chi connectivity index (χ2n) is 6.28. The van der Waals surface area contributed by atoms with Crippen molar-refractivity contribution < 1.29 is 4.84 Å². The van der Waals surface area contributed by atoms with Gasteiger partial charge in [0, 0.05) is 17.4 Å². The van der Waals surface area contributed by atoms with Crippen molar-refractivity contribution in [3.05, 3.63) is 29.8 Å². The highest BCUT2D eigenvalue weighted by Crippen LogP contribution is 2.37. The molecule has 1 aromatic rings. The zero-order valence-electron chi connectivity index (χ0n) is 11.3. The number of rotatable bonds is 1. The van der Waals surface area contributed by atoms with Gasteiger partial charge < -0.3 is 0 Å². The molecule has 0 radical (unpaired) electrons. The highest BCUT2D eigenvalue weighted by molar-refractivity contribution is 7.99. The first kappa shape index (κ1) is 12.4. The van der Waals surface area contributed by atoms with Crippen LogP contribution in [0.5, 0.6) is 0 Å². The van der Waals surface area contributed by atoms with E-state index < -0.39 is 0 Å². The van der Waals surface area contributed by atoms with E-state index >= 15 is 0 Å². The normalized spacial score (nSPS) is 27.6. The summed E-state index contributed by atoms with van der Waals surface area (Å²) in [5.74, 6) is 3.17. The summed E-state index contributed by atoms with van der Waals surface area (Å²) >= 11 is 2.05. The zero-order valence-corrected chi connectivity index (χ0v) is 12.2. The van der Waals surface area contributed by atoms with Crippen LogP contribution in [-0.4, -0.2) is 24.2 Å². The third kappa shape index (κ3) is 2.14. The first-order valence-electron chi connectivity index (χ1n) is 6.66. The van der Waals surface area contributed by atoms with Crippen molar-refractivity contribution in [1.29, 1.82) is 0 Å². The third-order valence-corrected chi connectivity index (χ3v) is 5.12. The minimum atomic E-state index is 0.218. The van der Waals surface area contributed by atoms with E-state index in [1.54, 1.807) is 0 Å². The van der Waals surface area contributed by atoms with E-state index in [2.05, 4.69) is 61.9 Å². The first-order chi connectivity index (χ1) is 8.55. The van der Waals surface area contributed by atoms with Crippen molar-refractivity contribution in [2.24, 2.45) is 5.92 Å². The largest absolute Gasteiger partial charge is 0.273 e. The molecule has 2 nitrogen and oxygen atoms in total. The average molecular weight is 263 g/mol. The maximum Gasteiger partial charge on any atom is 0.0805 e. The van der Waals surface area contributed by atoms with Crippen molar-refractivity contribution >= 4 is 17.4 Å². The molecule has 2 saturated heterocycles. The fourth-order valence-electron chi connectivity index (χ4n) is 2.65. The van der Waals surface area contributed by atoms with Gasteiger partial charge in [-0.25, -0.2) is 5.06 Å². The maximum atomic E-state index is 5.85. The lowest BCUT2D eigenvalue weighted by Crippen LogP contribution is -2.31. The molecular weight excluding hydrogens is 242 g/mol. The summed E-state index contributed by atoms with van der Waals surface area (Å²) in [6.45, 7) is 7.63. The number of hydrogen-bond donors (Lipinski definition) is 0. The Morgan fingerprint density at radius 2 is 1.89 bits per heavy atom. The van der Waals surface area contributed by atoms with Gasteiger partial charge in [0.25, 0.3) is 0 Å². The summed E-state index contributed by atoms with van der Waals surface area (Å²) in [6, 6.07) is 9.44. The lowest BCUT2D eigenvalue weighted by atomic mass is 9.87. The molecule has 0 saturated carbocycles. The Bertz CT molecular complexity index is 423. The van der Waals surface area contributed by atoms with Gasteiger partial charge in [-0.15, -0.1) is 0 Å². The van der Waals surface area contributed by atoms with Crippen molar-refractivity contribution in [1.82, 2.24) is 0 Å². The van der Waals surface area contributed by atoms with Crippen LogP contribution in [0.3, 0.4) is 0 Å². The number of fused-ring (bicyclic) bond motifs is 1. The molecule has 18 heavy (non-hydrogen) atoms. The SMILES string of the molecule is CC(C)(C)c1ccc(N2OC[C@H]3CSC[C@H]32)cc1. The molecule has 0 N–H and O–H groups in total. The van der Waals surface area contributed by atoms with Crippen LogP contribution in [0.1, 0.15) is 26.3 Å². The summed E-state index contributed by atoms with van der Waals surface area (Å²) in [5.41, 5.74) is 2.80. The fraction of sp³-hybridized carbons (Fsp3) is 0.600. The maximum absolute atomic E-state index is 5.85. The summed E-state index contributed by atoms with van der Waals surface area (Å²) in [5, 5.41) is 2.14. The van der Waals surface area contributed by atoms with Crippen LogP contribution in [0.15, 0.2) is 24.3 Å². The Labute approximate surface area is 114 Å². The van der Waals surface area contributed by atoms with Gasteiger partial charge >= 0.3 is 0 Å². The molecule has 2 heterocycles. The predicted octanol–water partition coefficient (Wildman–Crippen LogP) is 3.47. The Hall–Kier alpha value is -0.670. The van der Waals surface area contributed by atoms with Crippen LogP contribution < -0.4 is 5.06 Å². The first-order valence-corrected chi connectivity index (χ1v) is 7.81. The molecule has 0 amide bonds. The standard InChI is InChI=1S/C15H21NOS/c1-15(2,3)12-4-6-13(7-5-12)16-14-10-18-9-11(14)8-17-16/h4-7,11,14H,8-10H2,1-3H3/t11-,14+/m0/s1. The Balaban J connectivity index is 1.81. The van der Waals surface area contributed by atoms with Gasteiger partial charge in [-0.05, 0) is 23.1 Å². The molecule has 2 aliphatic rings. The van der Waals surface area contributed by atoms with Gasteiger partial charge in [-0.3, -0.25) is 4.84 Å². The molecular formula is C15H21NOS. The van der Waals surface area contributed by atoms with Crippen molar-refractivity contribution in [3.63, 3.8) is 0 Å². The van der Waals surface area contributed by atoms with Crippen LogP contribution in [-0.2, 0) is 10.3 Å². The predicted molar refractivity (Wildman–Crippen MR) is 78.2 cm³/mol. The molecule has 2 aliphatic heterocycles. The van der Waals surface area contributed by atoms with E-state index in [0.717, 1.165) is 12.5 Å². The molecule has 0 aliphatic carbocycles. The molecule has 1 aromatic carbocycles. The number of hydrogen-bond acceptors (Lipinski definition) is 3. The molecule has 98 valence electrons. The highest BCUT2D eigenvalue weighted by Gasteiger charge is 2.39. The third-order valence-electron chi connectivity index (χ3n) is 3.88. The zero-order chi connectivity index (χ0) is 12.8. The summed E-state index contributed by atoms with van der Waals surface area (Å²) < 4.78 is 0. The molecule has 0 bridgehead atoms. The van der Waals surface area contributed by atoms with E-state index in [-0.39, 0.29) is 5.41 Å². The van der Waals surface area contributed by atoms with Gasteiger partial charge in [0.15, 0.2) is 0 Å². The quantitative estimate of drug-likeness (QED) is 0.770. The number of benzene rings is 1. The van der Waals surface area contributed by atoms with Crippen molar-refractivity contribution in [2.45, 2.75) is 32.2 Å². The van der Waals surface area contributed by atoms with Crippen LogP contribution >= 0.6 is 11.8 Å². The summed E-state index contributed by atoms with van der Waals surface area (Å²) in [4.78, 5) is 5.85. The lowest BCUT2D eigenvalue weighted by molar-refractivity contribution is 0.155. The van der Waals surface area contributed by atoms with Gasteiger partial charge in [0.05, 0.1) is 18.3 Å². The van der Waals surface area contributed by atoms with Gasteiger partial charge in [0.2, 0.25) is 0 Å². The Morgan fingerprint density at radius 3 is 2.56 bits per heavy atom. The molecule has 3 heteroatoms. The molecule has 0 spiro atoms. The monoisotopic (exact) mass is 263 g/mol. The van der Waals surface area contributed by atoms with E-state index in [9.17, 15) is 0 Å². The fourth-order valence-corrected chi connectivity index (χ4v) is 4.06. The highest BCUT2D eigenvalue weighted by atomic mass is 32.2. The molecule has 3 rings (SSSR count). The Kier molecular flexibility index (Phi) is 3.07. The average Bonchev–Trinajstić information content (AvgIpc) is 2.89. The topological polar surface area (TPSA) is 12.5 Å². The van der Waals surface area contributed by atoms with Gasteiger partial charge in [-0.1, -0.05) is 32.9 Å². The minimum absolute atomic E-state index is 0.218. The second kappa shape index (κ2) is 4.46. The van der Waals surface area contributed by atoms with Crippen LogP contribution in [0, 0.1) is 5.92 Å². The van der Waals surface area contributed by atoms with E-state index in [4.69, 9.17) is 4.84 Å².